The third-order valence-electron chi connectivity index (χ3n) is 5.07. The van der Waals surface area contributed by atoms with Crippen LogP contribution in [-0.4, -0.2) is 35.9 Å². The minimum Gasteiger partial charge on any atom is -0.372 e. The average molecular weight is 432 g/mol. The molecule has 1 atom stereocenters. The minimum atomic E-state index is -4.35. The average Bonchev–Trinajstić information content (AvgIpc) is 3.39. The monoisotopic (exact) mass is 432 g/mol. The fourth-order valence-corrected chi connectivity index (χ4v) is 3.41. The number of nitrogens with one attached hydrogen (secondary N) is 1. The van der Waals surface area contributed by atoms with E-state index in [0.29, 0.717) is 31.6 Å². The van der Waals surface area contributed by atoms with Gasteiger partial charge in [0.2, 0.25) is 5.91 Å². The maximum absolute atomic E-state index is 12.6. The fraction of sp³-hybridized carbons (Fsp3) is 0.304. The molecular formula is C23H23F3N2O3. The molecule has 5 nitrogen and oxygen atoms in total. The van der Waals surface area contributed by atoms with Crippen molar-refractivity contribution in [1.82, 2.24) is 10.2 Å². The summed E-state index contributed by atoms with van der Waals surface area (Å²) < 4.78 is 43.4. The maximum Gasteiger partial charge on any atom is 0.416 e. The van der Waals surface area contributed by atoms with Gasteiger partial charge in [0.25, 0.3) is 5.91 Å². The number of fused-ring (bicyclic) bond motifs is 1. The third kappa shape index (κ3) is 5.95. The van der Waals surface area contributed by atoms with Gasteiger partial charge in [-0.3, -0.25) is 9.59 Å². The molecule has 1 saturated heterocycles. The van der Waals surface area contributed by atoms with Crippen LogP contribution in [0.5, 0.6) is 0 Å². The largest absolute Gasteiger partial charge is 0.416 e. The SMILES string of the molecule is C=CC(=O)N1CCC(OCc2cccc(C(F)(F)F)c2)C1.O=C1NCc2ccccc21. The smallest absolute Gasteiger partial charge is 0.372 e. The summed E-state index contributed by atoms with van der Waals surface area (Å²) in [5.41, 5.74) is 1.71. The second-order valence-electron chi connectivity index (χ2n) is 7.25. The summed E-state index contributed by atoms with van der Waals surface area (Å²) in [5, 5.41) is 2.75. The number of nitrogens with zero attached hydrogens (tertiary/aromatic N) is 1. The third-order valence-corrected chi connectivity index (χ3v) is 5.07. The van der Waals surface area contributed by atoms with E-state index in [4.69, 9.17) is 4.74 Å². The Morgan fingerprint density at radius 2 is 2.00 bits per heavy atom. The normalized spacial score (nSPS) is 17.5. The van der Waals surface area contributed by atoms with Gasteiger partial charge in [-0.05, 0) is 41.8 Å². The van der Waals surface area contributed by atoms with E-state index in [1.54, 1.807) is 11.0 Å². The van der Waals surface area contributed by atoms with E-state index in [-0.39, 0.29) is 24.5 Å². The van der Waals surface area contributed by atoms with Crippen LogP contribution >= 0.6 is 0 Å². The van der Waals surface area contributed by atoms with Crippen LogP contribution in [0.15, 0.2) is 61.2 Å². The topological polar surface area (TPSA) is 58.6 Å². The van der Waals surface area contributed by atoms with Crippen LogP contribution in [0.25, 0.3) is 0 Å². The van der Waals surface area contributed by atoms with E-state index in [0.717, 1.165) is 23.3 Å². The van der Waals surface area contributed by atoms with Crippen molar-refractivity contribution in [3.63, 3.8) is 0 Å². The molecule has 2 aliphatic heterocycles. The van der Waals surface area contributed by atoms with Crippen molar-refractivity contribution >= 4 is 11.8 Å². The standard InChI is InChI=1S/C15H16F3NO2.C8H7NO/c1-2-14(20)19-7-6-13(9-19)21-10-11-4-3-5-12(8-11)15(16,17)18;10-8-7-4-2-1-3-6(7)5-9-8/h2-5,8,13H,1,6-7,9-10H2;1-4H,5H2,(H,9,10). The molecule has 164 valence electrons. The first kappa shape index (κ1) is 22.6. The van der Waals surface area contributed by atoms with Crippen molar-refractivity contribution in [2.75, 3.05) is 13.1 Å². The van der Waals surface area contributed by atoms with E-state index in [1.807, 2.05) is 24.3 Å². The molecule has 2 heterocycles. The predicted octanol–water partition coefficient (Wildman–Crippen LogP) is 3.94. The Balaban J connectivity index is 0.000000225. The number of carbonyl (C=O) groups excluding carboxylic acids is 2. The van der Waals surface area contributed by atoms with Gasteiger partial charge in [-0.15, -0.1) is 0 Å². The lowest BCUT2D eigenvalue weighted by atomic mass is 10.1. The summed E-state index contributed by atoms with van der Waals surface area (Å²) >= 11 is 0. The van der Waals surface area contributed by atoms with Crippen molar-refractivity contribution in [1.29, 1.82) is 0 Å². The molecule has 1 N–H and O–H groups in total. The molecule has 0 radical (unpaired) electrons. The molecule has 4 rings (SSSR count). The molecule has 2 aromatic carbocycles. The van der Waals surface area contributed by atoms with Crippen LogP contribution in [0.2, 0.25) is 0 Å². The Morgan fingerprint density at radius 1 is 1.23 bits per heavy atom. The van der Waals surface area contributed by atoms with Crippen LogP contribution in [0.3, 0.4) is 0 Å². The van der Waals surface area contributed by atoms with Crippen LogP contribution < -0.4 is 5.32 Å². The molecule has 0 spiro atoms. The first-order valence-electron chi connectivity index (χ1n) is 9.83. The van der Waals surface area contributed by atoms with E-state index < -0.39 is 11.7 Å². The Hall–Kier alpha value is -3.13. The Kier molecular flexibility index (Phi) is 7.12. The van der Waals surface area contributed by atoms with Crippen molar-refractivity contribution in [2.24, 2.45) is 0 Å². The molecule has 1 fully saturated rings. The van der Waals surface area contributed by atoms with Gasteiger partial charge >= 0.3 is 6.18 Å². The number of alkyl halides is 3. The summed E-state index contributed by atoms with van der Waals surface area (Å²) in [6.45, 7) is 5.24. The molecule has 0 aliphatic carbocycles. The Bertz CT molecular complexity index is 959. The van der Waals surface area contributed by atoms with Gasteiger partial charge in [-0.1, -0.05) is 36.9 Å². The van der Waals surface area contributed by atoms with Gasteiger partial charge in [0.15, 0.2) is 0 Å². The fourth-order valence-electron chi connectivity index (χ4n) is 3.41. The predicted molar refractivity (Wildman–Crippen MR) is 109 cm³/mol. The number of hydrogen-bond donors (Lipinski definition) is 1. The van der Waals surface area contributed by atoms with Gasteiger partial charge in [0.05, 0.1) is 18.3 Å². The number of carbonyl (C=O) groups is 2. The van der Waals surface area contributed by atoms with Crippen molar-refractivity contribution in [2.45, 2.75) is 31.9 Å². The summed E-state index contributed by atoms with van der Waals surface area (Å²) in [7, 11) is 0. The van der Waals surface area contributed by atoms with E-state index in [2.05, 4.69) is 11.9 Å². The highest BCUT2D eigenvalue weighted by Crippen LogP contribution is 2.29. The van der Waals surface area contributed by atoms with Crippen molar-refractivity contribution < 1.29 is 27.5 Å². The van der Waals surface area contributed by atoms with Gasteiger partial charge in [-0.25, -0.2) is 0 Å². The van der Waals surface area contributed by atoms with Gasteiger partial charge in [-0.2, -0.15) is 13.2 Å². The van der Waals surface area contributed by atoms with Crippen molar-refractivity contribution in [3.8, 4) is 0 Å². The number of ether oxygens (including phenoxy) is 1. The summed E-state index contributed by atoms with van der Waals surface area (Å²) in [4.78, 5) is 24.0. The highest BCUT2D eigenvalue weighted by Gasteiger charge is 2.30. The molecule has 2 aromatic rings. The summed E-state index contributed by atoms with van der Waals surface area (Å²) in [5.74, 6) is -0.101. The number of benzene rings is 2. The number of rotatable bonds is 4. The number of halogens is 3. The minimum absolute atomic E-state index is 0.0515. The van der Waals surface area contributed by atoms with Crippen molar-refractivity contribution in [3.05, 3.63) is 83.4 Å². The highest BCUT2D eigenvalue weighted by atomic mass is 19.4. The first-order valence-corrected chi connectivity index (χ1v) is 9.83. The van der Waals surface area contributed by atoms with Crippen LogP contribution in [0, 0.1) is 0 Å². The number of hydrogen-bond acceptors (Lipinski definition) is 3. The zero-order chi connectivity index (χ0) is 22.4. The van der Waals surface area contributed by atoms with Crippen LogP contribution in [-0.2, 0) is 28.9 Å². The molecule has 0 bridgehead atoms. The molecule has 0 saturated carbocycles. The first-order chi connectivity index (χ1) is 14.8. The molecule has 8 heteroatoms. The zero-order valence-corrected chi connectivity index (χ0v) is 16.8. The Labute approximate surface area is 178 Å². The zero-order valence-electron chi connectivity index (χ0n) is 16.8. The van der Waals surface area contributed by atoms with E-state index in [1.165, 1.54) is 12.1 Å². The van der Waals surface area contributed by atoms with Crippen LogP contribution in [0.1, 0.15) is 33.5 Å². The van der Waals surface area contributed by atoms with Gasteiger partial charge in [0.1, 0.15) is 0 Å². The molecule has 2 amide bonds. The van der Waals surface area contributed by atoms with E-state index >= 15 is 0 Å². The maximum atomic E-state index is 12.6. The lowest BCUT2D eigenvalue weighted by Crippen LogP contribution is -2.28. The molecule has 2 aliphatic rings. The summed E-state index contributed by atoms with van der Waals surface area (Å²) in [6.07, 6.45) is -2.58. The quantitative estimate of drug-likeness (QED) is 0.745. The number of likely N-dealkylation sites (tertiary alicyclic amines) is 1. The molecular weight excluding hydrogens is 409 g/mol. The highest BCUT2D eigenvalue weighted by molar-refractivity contribution is 5.98. The lowest BCUT2D eigenvalue weighted by molar-refractivity contribution is -0.137. The van der Waals surface area contributed by atoms with E-state index in [9.17, 15) is 22.8 Å². The Morgan fingerprint density at radius 3 is 2.71 bits per heavy atom. The molecule has 0 aromatic heterocycles. The second-order valence-corrected chi connectivity index (χ2v) is 7.25. The molecule has 1 unspecified atom stereocenters. The molecule has 31 heavy (non-hydrogen) atoms. The second kappa shape index (κ2) is 9.78. The summed E-state index contributed by atoms with van der Waals surface area (Å²) in [6, 6.07) is 12.7. The van der Waals surface area contributed by atoms with Crippen LogP contribution in [0.4, 0.5) is 13.2 Å². The number of amides is 2. The van der Waals surface area contributed by atoms with Gasteiger partial charge in [0, 0.05) is 25.2 Å². The lowest BCUT2D eigenvalue weighted by Gasteiger charge is -2.15. The van der Waals surface area contributed by atoms with Gasteiger partial charge < -0.3 is 15.0 Å².